The van der Waals surface area contributed by atoms with Crippen molar-refractivity contribution in [1.82, 2.24) is 5.32 Å². The average molecular weight is 157 g/mol. The maximum atomic E-state index is 5.22. The van der Waals surface area contributed by atoms with E-state index in [9.17, 15) is 0 Å². The Bertz CT molecular complexity index is 83.6. The van der Waals surface area contributed by atoms with Crippen LogP contribution in [0.3, 0.4) is 0 Å². The fourth-order valence-electron chi connectivity index (χ4n) is 0.849. The smallest absolute Gasteiger partial charge is 0.0644 e. The summed E-state index contributed by atoms with van der Waals surface area (Å²) in [5.41, 5.74) is 0. The van der Waals surface area contributed by atoms with Crippen LogP contribution in [0.5, 0.6) is 0 Å². The van der Waals surface area contributed by atoms with Gasteiger partial charge in [0.05, 0.1) is 6.61 Å². The predicted molar refractivity (Wildman–Crippen MR) is 48.8 cm³/mol. The van der Waals surface area contributed by atoms with Crippen molar-refractivity contribution in [2.75, 3.05) is 26.8 Å². The molecule has 0 aliphatic carbocycles. The van der Waals surface area contributed by atoms with E-state index in [0.29, 0.717) is 6.61 Å². The molecular weight excluding hydrogens is 138 g/mol. The molecule has 2 nitrogen and oxygen atoms in total. The first kappa shape index (κ1) is 10.7. The second-order valence-corrected chi connectivity index (χ2v) is 2.53. The highest BCUT2D eigenvalue weighted by atomic mass is 16.5. The van der Waals surface area contributed by atoms with Crippen molar-refractivity contribution < 1.29 is 4.74 Å². The number of ether oxygens (including phenoxy) is 1. The van der Waals surface area contributed by atoms with Crippen LogP contribution in [0.4, 0.5) is 0 Å². The first-order valence-electron chi connectivity index (χ1n) is 4.25. The maximum Gasteiger partial charge on any atom is 0.0644 e. The second kappa shape index (κ2) is 9.66. The Labute approximate surface area is 69.6 Å². The number of unbranched alkanes of at least 4 members (excludes halogenated alkanes) is 2. The van der Waals surface area contributed by atoms with Gasteiger partial charge in [-0.05, 0) is 32.9 Å². The number of rotatable bonds is 8. The summed E-state index contributed by atoms with van der Waals surface area (Å²) in [7, 11) is 1.98. The average Bonchev–Trinajstić information content (AvgIpc) is 2.03. The minimum atomic E-state index is 0.687. The highest BCUT2D eigenvalue weighted by Crippen LogP contribution is 1.94. The highest BCUT2D eigenvalue weighted by Gasteiger charge is 1.87. The Hall–Kier alpha value is -0.340. The highest BCUT2D eigenvalue weighted by molar-refractivity contribution is 4.63. The first-order valence-corrected chi connectivity index (χ1v) is 4.25. The molecule has 0 spiro atoms. The number of hydrogen-bond acceptors (Lipinski definition) is 2. The van der Waals surface area contributed by atoms with E-state index in [1.54, 1.807) is 6.08 Å². The Morgan fingerprint density at radius 2 is 2.18 bits per heavy atom. The summed E-state index contributed by atoms with van der Waals surface area (Å²) in [5.74, 6) is 0. The van der Waals surface area contributed by atoms with Gasteiger partial charge in [-0.3, -0.25) is 0 Å². The molecule has 0 aliphatic heterocycles. The monoisotopic (exact) mass is 157 g/mol. The lowest BCUT2D eigenvalue weighted by Gasteiger charge is -2.00. The molecule has 11 heavy (non-hydrogen) atoms. The van der Waals surface area contributed by atoms with E-state index >= 15 is 0 Å². The molecule has 0 atom stereocenters. The minimum Gasteiger partial charge on any atom is -0.377 e. The van der Waals surface area contributed by atoms with Gasteiger partial charge in [-0.1, -0.05) is 6.08 Å². The molecule has 0 aliphatic rings. The van der Waals surface area contributed by atoms with Crippen molar-refractivity contribution in [3.8, 4) is 0 Å². The van der Waals surface area contributed by atoms with Crippen molar-refractivity contribution in [3.63, 3.8) is 0 Å². The molecule has 66 valence electrons. The van der Waals surface area contributed by atoms with Crippen LogP contribution in [-0.2, 0) is 4.74 Å². The molecule has 0 aromatic heterocycles. The third kappa shape index (κ3) is 9.66. The summed E-state index contributed by atoms with van der Waals surface area (Å²) in [4.78, 5) is 0. The zero-order valence-corrected chi connectivity index (χ0v) is 7.44. The molecule has 1 N–H and O–H groups in total. The van der Waals surface area contributed by atoms with E-state index in [1.807, 2.05) is 7.05 Å². The second-order valence-electron chi connectivity index (χ2n) is 2.53. The summed E-state index contributed by atoms with van der Waals surface area (Å²) in [6, 6.07) is 0. The van der Waals surface area contributed by atoms with Gasteiger partial charge in [-0.25, -0.2) is 0 Å². The normalized spacial score (nSPS) is 9.91. The standard InChI is InChI=1S/C9H19NO/c1-3-8-11-9-6-4-5-7-10-2/h3,10H,1,4-9H2,2H3. The third-order valence-electron chi connectivity index (χ3n) is 1.45. The Morgan fingerprint density at radius 1 is 1.36 bits per heavy atom. The van der Waals surface area contributed by atoms with Crippen LogP contribution in [0.1, 0.15) is 19.3 Å². The molecule has 0 saturated carbocycles. The van der Waals surface area contributed by atoms with Crippen molar-refractivity contribution in [2.45, 2.75) is 19.3 Å². The summed E-state index contributed by atoms with van der Waals surface area (Å²) < 4.78 is 5.22. The van der Waals surface area contributed by atoms with E-state index in [-0.39, 0.29) is 0 Å². The molecular formula is C9H19NO. The van der Waals surface area contributed by atoms with Crippen LogP contribution in [0.2, 0.25) is 0 Å². The SMILES string of the molecule is C=CCOCCCCCNC. The molecule has 0 bridgehead atoms. The van der Waals surface area contributed by atoms with Crippen molar-refractivity contribution in [1.29, 1.82) is 0 Å². The molecule has 0 amide bonds. The molecule has 0 aromatic rings. The van der Waals surface area contributed by atoms with Gasteiger partial charge in [0.2, 0.25) is 0 Å². The zero-order chi connectivity index (χ0) is 8.36. The van der Waals surface area contributed by atoms with Crippen LogP contribution < -0.4 is 5.32 Å². The Kier molecular flexibility index (Phi) is 9.36. The summed E-state index contributed by atoms with van der Waals surface area (Å²) >= 11 is 0. The van der Waals surface area contributed by atoms with Crippen LogP contribution >= 0.6 is 0 Å². The molecule has 0 radical (unpaired) electrons. The van der Waals surface area contributed by atoms with Crippen LogP contribution in [0.15, 0.2) is 12.7 Å². The summed E-state index contributed by atoms with van der Waals surface area (Å²) in [6.07, 6.45) is 5.44. The Morgan fingerprint density at radius 3 is 2.82 bits per heavy atom. The van der Waals surface area contributed by atoms with Gasteiger partial charge in [-0.2, -0.15) is 0 Å². The van der Waals surface area contributed by atoms with E-state index in [4.69, 9.17) is 4.74 Å². The lowest BCUT2D eigenvalue weighted by atomic mass is 10.2. The topological polar surface area (TPSA) is 21.3 Å². The van der Waals surface area contributed by atoms with Gasteiger partial charge in [0, 0.05) is 6.61 Å². The van der Waals surface area contributed by atoms with Gasteiger partial charge < -0.3 is 10.1 Å². The quantitative estimate of drug-likeness (QED) is 0.426. The summed E-state index contributed by atoms with van der Waals surface area (Å²) in [5, 5.41) is 3.11. The molecule has 0 saturated heterocycles. The predicted octanol–water partition coefficient (Wildman–Crippen LogP) is 1.58. The first-order chi connectivity index (χ1) is 5.41. The zero-order valence-electron chi connectivity index (χ0n) is 7.44. The van der Waals surface area contributed by atoms with Crippen molar-refractivity contribution in [3.05, 3.63) is 12.7 Å². The van der Waals surface area contributed by atoms with E-state index in [0.717, 1.165) is 19.6 Å². The van der Waals surface area contributed by atoms with E-state index in [1.165, 1.54) is 12.8 Å². The third-order valence-corrected chi connectivity index (χ3v) is 1.45. The van der Waals surface area contributed by atoms with Crippen LogP contribution in [-0.4, -0.2) is 26.8 Å². The van der Waals surface area contributed by atoms with E-state index < -0.39 is 0 Å². The number of nitrogens with one attached hydrogen (secondary N) is 1. The molecule has 2 heteroatoms. The van der Waals surface area contributed by atoms with Crippen LogP contribution in [0, 0.1) is 0 Å². The summed E-state index contributed by atoms with van der Waals surface area (Å²) in [6.45, 7) is 6.24. The fourth-order valence-corrected chi connectivity index (χ4v) is 0.849. The molecule has 0 aromatic carbocycles. The van der Waals surface area contributed by atoms with Crippen molar-refractivity contribution >= 4 is 0 Å². The van der Waals surface area contributed by atoms with E-state index in [2.05, 4.69) is 11.9 Å². The fraction of sp³-hybridized carbons (Fsp3) is 0.778. The van der Waals surface area contributed by atoms with Gasteiger partial charge >= 0.3 is 0 Å². The van der Waals surface area contributed by atoms with Gasteiger partial charge in [0.15, 0.2) is 0 Å². The molecule has 0 heterocycles. The van der Waals surface area contributed by atoms with Gasteiger partial charge in [0.1, 0.15) is 0 Å². The number of hydrogen-bond donors (Lipinski definition) is 1. The Balaban J connectivity index is 2.74. The maximum absolute atomic E-state index is 5.22. The van der Waals surface area contributed by atoms with Crippen molar-refractivity contribution in [2.24, 2.45) is 0 Å². The van der Waals surface area contributed by atoms with Gasteiger partial charge in [-0.15, -0.1) is 6.58 Å². The van der Waals surface area contributed by atoms with Gasteiger partial charge in [0.25, 0.3) is 0 Å². The molecule has 0 fully saturated rings. The molecule has 0 rings (SSSR count). The lowest BCUT2D eigenvalue weighted by molar-refractivity contribution is 0.157. The van der Waals surface area contributed by atoms with Crippen LogP contribution in [0.25, 0.3) is 0 Å². The minimum absolute atomic E-state index is 0.687. The molecule has 0 unspecified atom stereocenters. The largest absolute Gasteiger partial charge is 0.377 e. The lowest BCUT2D eigenvalue weighted by Crippen LogP contribution is -2.07.